The van der Waals surface area contributed by atoms with Gasteiger partial charge in [0.05, 0.1) is 5.21 Å². The van der Waals surface area contributed by atoms with Crippen molar-refractivity contribution in [3.8, 4) is 0 Å². The molecule has 20 heavy (non-hydrogen) atoms. The lowest BCUT2D eigenvalue weighted by Crippen LogP contribution is -2.46. The third kappa shape index (κ3) is 2.36. The molecule has 1 saturated heterocycles. The minimum atomic E-state index is -0.0176. The molecule has 1 aromatic heterocycles. The van der Waals surface area contributed by atoms with E-state index in [1.807, 2.05) is 54.8 Å². The van der Waals surface area contributed by atoms with Gasteiger partial charge in [0.2, 0.25) is 17.3 Å². The number of hydrogen-bond acceptors (Lipinski definition) is 5. The Hall–Kier alpha value is -1.31. The molecule has 1 aromatic carbocycles. The average molecular weight is 293 g/mol. The van der Waals surface area contributed by atoms with Crippen LogP contribution in [0.15, 0.2) is 24.3 Å². The highest BCUT2D eigenvalue weighted by Gasteiger charge is 2.31. The lowest BCUT2D eigenvalue weighted by Gasteiger charge is -2.34. The molecule has 0 bridgehead atoms. The predicted molar refractivity (Wildman–Crippen MR) is 80.3 cm³/mol. The van der Waals surface area contributed by atoms with Crippen molar-refractivity contribution < 1.29 is 4.85 Å². The zero-order valence-electron chi connectivity index (χ0n) is 11.8. The highest BCUT2D eigenvalue weighted by atomic mass is 32.2. The average Bonchev–Trinajstić information content (AvgIpc) is 2.78. The van der Waals surface area contributed by atoms with E-state index in [0.717, 1.165) is 30.1 Å². The van der Waals surface area contributed by atoms with Gasteiger partial charge in [-0.3, -0.25) is 4.90 Å². The first-order chi connectivity index (χ1) is 9.68. The quantitative estimate of drug-likeness (QED) is 0.617. The number of para-hydroxylation sites is 2. The van der Waals surface area contributed by atoms with Gasteiger partial charge >= 0.3 is 0 Å². The van der Waals surface area contributed by atoms with Crippen molar-refractivity contribution in [2.75, 3.05) is 38.7 Å². The number of hydrogen-bond donors (Lipinski definition) is 0. The Balaban J connectivity index is 2.05. The van der Waals surface area contributed by atoms with Gasteiger partial charge in [0.15, 0.2) is 0 Å². The maximum Gasteiger partial charge on any atom is 0.236 e. The van der Waals surface area contributed by atoms with E-state index in [4.69, 9.17) is 0 Å². The van der Waals surface area contributed by atoms with E-state index in [0.29, 0.717) is 10.4 Å². The number of aromatic nitrogens is 3. The van der Waals surface area contributed by atoms with E-state index in [-0.39, 0.29) is 6.29 Å². The van der Waals surface area contributed by atoms with Crippen LogP contribution in [-0.4, -0.2) is 58.4 Å². The summed E-state index contributed by atoms with van der Waals surface area (Å²) >= 11 is 1.98. The number of thioether (sulfide) groups is 1. The molecule has 1 unspecified atom stereocenters. The van der Waals surface area contributed by atoms with Crippen molar-refractivity contribution in [3.05, 3.63) is 29.5 Å². The largest absolute Gasteiger partial charge is 0.691 e. The van der Waals surface area contributed by atoms with Crippen LogP contribution in [0.2, 0.25) is 0 Å². The van der Waals surface area contributed by atoms with Gasteiger partial charge in [-0.05, 0) is 26.2 Å². The summed E-state index contributed by atoms with van der Waals surface area (Å²) in [5.74, 6) is 2.25. The number of benzene rings is 1. The first-order valence-corrected chi connectivity index (χ1v) is 7.89. The lowest BCUT2D eigenvalue weighted by atomic mass is 10.3. The molecule has 0 radical (unpaired) electrons. The SMILES string of the molecule is CN(C)C(N1CCSCC1)n1n[n+]([O-])c2ccccc21. The second kappa shape index (κ2) is 5.59. The third-order valence-electron chi connectivity index (χ3n) is 3.57. The molecule has 0 N–H and O–H groups in total. The molecule has 0 amide bonds. The van der Waals surface area contributed by atoms with Gasteiger partial charge in [-0.2, -0.15) is 11.8 Å². The van der Waals surface area contributed by atoms with Crippen LogP contribution >= 0.6 is 11.8 Å². The highest BCUT2D eigenvalue weighted by Crippen LogP contribution is 2.23. The summed E-state index contributed by atoms with van der Waals surface area (Å²) in [5.41, 5.74) is 1.49. The monoisotopic (exact) mass is 293 g/mol. The summed E-state index contributed by atoms with van der Waals surface area (Å²) in [5, 5.41) is 16.1. The molecule has 0 aliphatic carbocycles. The van der Waals surface area contributed by atoms with E-state index in [9.17, 15) is 5.21 Å². The zero-order chi connectivity index (χ0) is 14.1. The Bertz CT molecular complexity index is 593. The molecule has 108 valence electrons. The number of nitrogens with zero attached hydrogens (tertiary/aromatic N) is 5. The summed E-state index contributed by atoms with van der Waals surface area (Å²) in [6.07, 6.45) is -0.0176. The van der Waals surface area contributed by atoms with E-state index in [1.165, 1.54) is 0 Å². The molecule has 3 rings (SSSR count). The predicted octanol–water partition coefficient (Wildman–Crippen LogP) is 0.736. The standard InChI is InChI=1S/C13H19N5OS/c1-15(2)13(16-7-9-20-10-8-16)17-11-5-3-4-6-12(11)18(19)14-17/h3-6,13H,7-10H2,1-2H3. The summed E-state index contributed by atoms with van der Waals surface area (Å²) in [6, 6.07) is 7.57. The van der Waals surface area contributed by atoms with E-state index in [1.54, 1.807) is 0 Å². The van der Waals surface area contributed by atoms with Crippen LogP contribution in [0.1, 0.15) is 6.29 Å². The van der Waals surface area contributed by atoms with E-state index >= 15 is 0 Å². The Morgan fingerprint density at radius 2 is 2.00 bits per heavy atom. The van der Waals surface area contributed by atoms with Crippen molar-refractivity contribution in [3.63, 3.8) is 0 Å². The van der Waals surface area contributed by atoms with Gasteiger partial charge in [0.25, 0.3) is 0 Å². The fraction of sp³-hybridized carbons (Fsp3) is 0.538. The maximum atomic E-state index is 12.0. The molecule has 2 aromatic rings. The molecule has 6 nitrogen and oxygen atoms in total. The van der Waals surface area contributed by atoms with Gasteiger partial charge in [0.1, 0.15) is 0 Å². The van der Waals surface area contributed by atoms with Gasteiger partial charge in [-0.25, -0.2) is 4.90 Å². The van der Waals surface area contributed by atoms with Gasteiger partial charge in [-0.1, -0.05) is 16.8 Å². The minimum Gasteiger partial charge on any atom is -0.691 e. The van der Waals surface area contributed by atoms with Crippen molar-refractivity contribution in [1.82, 2.24) is 19.7 Å². The lowest BCUT2D eigenvalue weighted by molar-refractivity contribution is -0.647. The first-order valence-electron chi connectivity index (χ1n) is 6.74. The second-order valence-corrected chi connectivity index (χ2v) is 6.38. The van der Waals surface area contributed by atoms with E-state index in [2.05, 4.69) is 15.0 Å². The molecule has 2 heterocycles. The van der Waals surface area contributed by atoms with Gasteiger partial charge < -0.3 is 5.21 Å². The zero-order valence-corrected chi connectivity index (χ0v) is 12.6. The van der Waals surface area contributed by atoms with Crippen LogP contribution in [0.25, 0.3) is 11.0 Å². The molecular weight excluding hydrogens is 274 g/mol. The van der Waals surface area contributed by atoms with Crippen LogP contribution in [0.4, 0.5) is 0 Å². The third-order valence-corrected chi connectivity index (χ3v) is 4.51. The molecule has 1 aliphatic heterocycles. The Morgan fingerprint density at radius 1 is 1.30 bits per heavy atom. The van der Waals surface area contributed by atoms with Crippen LogP contribution < -0.4 is 4.85 Å². The van der Waals surface area contributed by atoms with Crippen LogP contribution in [0.3, 0.4) is 0 Å². The van der Waals surface area contributed by atoms with Gasteiger partial charge in [-0.15, -0.1) is 4.85 Å². The minimum absolute atomic E-state index is 0.0176. The van der Waals surface area contributed by atoms with Crippen LogP contribution in [0.5, 0.6) is 0 Å². The van der Waals surface area contributed by atoms with Crippen LogP contribution in [-0.2, 0) is 0 Å². The van der Waals surface area contributed by atoms with Gasteiger partial charge in [0, 0.05) is 24.6 Å². The normalized spacial score (nSPS) is 18.8. The van der Waals surface area contributed by atoms with Crippen molar-refractivity contribution in [2.24, 2.45) is 0 Å². The molecule has 0 saturated carbocycles. The molecule has 7 heteroatoms. The summed E-state index contributed by atoms with van der Waals surface area (Å²) in [7, 11) is 4.05. The highest BCUT2D eigenvalue weighted by molar-refractivity contribution is 7.99. The smallest absolute Gasteiger partial charge is 0.236 e. The first kappa shape index (κ1) is 13.7. The number of rotatable bonds is 3. The molecule has 0 spiro atoms. The van der Waals surface area contributed by atoms with Crippen molar-refractivity contribution >= 4 is 22.8 Å². The fourth-order valence-corrected chi connectivity index (χ4v) is 3.61. The summed E-state index contributed by atoms with van der Waals surface area (Å²) in [4.78, 5) is 5.19. The molecule has 1 aliphatic rings. The van der Waals surface area contributed by atoms with Crippen LogP contribution in [0, 0.1) is 5.21 Å². The van der Waals surface area contributed by atoms with E-state index < -0.39 is 0 Å². The fourth-order valence-electron chi connectivity index (χ4n) is 2.68. The molecule has 1 fully saturated rings. The molecular formula is C13H19N5OS. The topological polar surface area (TPSA) is 51.2 Å². The summed E-state index contributed by atoms with van der Waals surface area (Å²) < 4.78 is 1.83. The number of fused-ring (bicyclic) bond motifs is 1. The Labute approximate surface area is 122 Å². The molecule has 1 atom stereocenters. The summed E-state index contributed by atoms with van der Waals surface area (Å²) in [6.45, 7) is 2.03. The second-order valence-electron chi connectivity index (χ2n) is 5.15. The van der Waals surface area contributed by atoms with Crippen molar-refractivity contribution in [1.29, 1.82) is 0 Å². The van der Waals surface area contributed by atoms with Crippen molar-refractivity contribution in [2.45, 2.75) is 6.29 Å². The Morgan fingerprint density at radius 3 is 2.70 bits per heavy atom. The maximum absolute atomic E-state index is 12.0. The Kier molecular flexibility index (Phi) is 3.82.